The average molecular weight is 333 g/mol. The molecule has 0 aliphatic carbocycles. The summed E-state index contributed by atoms with van der Waals surface area (Å²) in [5, 5.41) is 23.7. The minimum absolute atomic E-state index is 0.0906. The van der Waals surface area contributed by atoms with Crippen molar-refractivity contribution in [3.63, 3.8) is 0 Å². The van der Waals surface area contributed by atoms with Crippen LogP contribution in [0.3, 0.4) is 0 Å². The van der Waals surface area contributed by atoms with Crippen LogP contribution in [-0.4, -0.2) is 51.1 Å². The topological polar surface area (TPSA) is 61.5 Å². The van der Waals surface area contributed by atoms with E-state index in [2.05, 4.69) is 10.00 Å². The lowest BCUT2D eigenvalue weighted by molar-refractivity contribution is 0.0961. The average Bonchev–Trinajstić information content (AvgIpc) is 3.04. The van der Waals surface area contributed by atoms with Gasteiger partial charge in [0, 0.05) is 24.4 Å². The van der Waals surface area contributed by atoms with E-state index in [1.54, 1.807) is 18.3 Å². The Hall–Kier alpha value is -1.76. The predicted octanol–water partition coefficient (Wildman–Crippen LogP) is 1.93. The summed E-state index contributed by atoms with van der Waals surface area (Å²) in [6.07, 6.45) is 3.10. The molecule has 1 atom stereocenters. The molecule has 1 aromatic carbocycles. The normalized spacial score (nSPS) is 18.0. The van der Waals surface area contributed by atoms with Gasteiger partial charge in [-0.1, -0.05) is 12.1 Å². The largest absolute Gasteiger partial charge is 0.394 e. The lowest BCUT2D eigenvalue weighted by Crippen LogP contribution is -2.36. The molecule has 0 spiro atoms. The third-order valence-corrected chi connectivity index (χ3v) is 4.73. The molecule has 0 amide bonds. The molecule has 1 unspecified atom stereocenters. The maximum atomic E-state index is 13.3. The first-order chi connectivity index (χ1) is 11.7. The van der Waals surface area contributed by atoms with Crippen molar-refractivity contribution in [1.82, 2.24) is 14.7 Å². The molecule has 1 aliphatic rings. The number of piperidine rings is 1. The lowest BCUT2D eigenvalue weighted by Gasteiger charge is -2.33. The summed E-state index contributed by atoms with van der Waals surface area (Å²) in [6.45, 7) is 2.92. The number of nitrogens with zero attached hydrogens (tertiary/aromatic N) is 3. The highest BCUT2D eigenvalue weighted by atomic mass is 19.1. The molecule has 24 heavy (non-hydrogen) atoms. The van der Waals surface area contributed by atoms with Gasteiger partial charge in [0.15, 0.2) is 0 Å². The summed E-state index contributed by atoms with van der Waals surface area (Å²) in [4.78, 5) is 2.22. The van der Waals surface area contributed by atoms with Crippen LogP contribution >= 0.6 is 0 Å². The van der Waals surface area contributed by atoms with Crippen molar-refractivity contribution in [1.29, 1.82) is 0 Å². The number of aliphatic hydroxyl groups is 2. The van der Waals surface area contributed by atoms with E-state index in [9.17, 15) is 9.50 Å². The summed E-state index contributed by atoms with van der Waals surface area (Å²) < 4.78 is 15.1. The van der Waals surface area contributed by atoms with E-state index < -0.39 is 6.10 Å². The van der Waals surface area contributed by atoms with Crippen LogP contribution in [-0.2, 0) is 6.54 Å². The maximum Gasteiger partial charge on any atom is 0.123 e. The molecule has 0 radical (unpaired) electrons. The van der Waals surface area contributed by atoms with Crippen molar-refractivity contribution in [2.24, 2.45) is 0 Å². The zero-order valence-electron chi connectivity index (χ0n) is 13.7. The van der Waals surface area contributed by atoms with Gasteiger partial charge in [-0.05, 0) is 49.7 Å². The Morgan fingerprint density at radius 2 is 2.04 bits per heavy atom. The van der Waals surface area contributed by atoms with E-state index in [-0.39, 0.29) is 12.4 Å². The van der Waals surface area contributed by atoms with Crippen LogP contribution < -0.4 is 0 Å². The monoisotopic (exact) mass is 333 g/mol. The van der Waals surface area contributed by atoms with Crippen LogP contribution in [0.4, 0.5) is 4.39 Å². The Balaban J connectivity index is 1.54. The van der Waals surface area contributed by atoms with Gasteiger partial charge in [-0.15, -0.1) is 0 Å². The number of halogens is 1. The van der Waals surface area contributed by atoms with Crippen molar-refractivity contribution in [2.75, 3.05) is 26.2 Å². The van der Waals surface area contributed by atoms with E-state index in [4.69, 9.17) is 5.11 Å². The molecule has 130 valence electrons. The molecule has 3 rings (SSSR count). The van der Waals surface area contributed by atoms with Gasteiger partial charge in [0.25, 0.3) is 0 Å². The van der Waals surface area contributed by atoms with Gasteiger partial charge < -0.3 is 15.1 Å². The first-order valence-electron chi connectivity index (χ1n) is 8.46. The van der Waals surface area contributed by atoms with E-state index >= 15 is 0 Å². The third-order valence-electron chi connectivity index (χ3n) is 4.73. The fourth-order valence-corrected chi connectivity index (χ4v) is 3.45. The summed E-state index contributed by atoms with van der Waals surface area (Å²) in [6, 6.07) is 8.19. The second kappa shape index (κ2) is 7.88. The molecule has 1 fully saturated rings. The molecule has 6 heteroatoms. The van der Waals surface area contributed by atoms with E-state index in [0.29, 0.717) is 24.6 Å². The number of β-amino-alcohol motifs (C(OH)–C–C–N with tert-alkyl or cyclic N) is 1. The summed E-state index contributed by atoms with van der Waals surface area (Å²) in [5.74, 6) is 0.115. The highest BCUT2D eigenvalue weighted by Gasteiger charge is 2.24. The van der Waals surface area contributed by atoms with Crippen molar-refractivity contribution < 1.29 is 14.6 Å². The van der Waals surface area contributed by atoms with Gasteiger partial charge in [-0.25, -0.2) is 4.39 Å². The minimum atomic E-state index is -0.669. The van der Waals surface area contributed by atoms with Crippen LogP contribution in [0.2, 0.25) is 0 Å². The zero-order valence-corrected chi connectivity index (χ0v) is 13.7. The molecule has 0 bridgehead atoms. The second-order valence-corrected chi connectivity index (χ2v) is 6.35. The summed E-state index contributed by atoms with van der Waals surface area (Å²) in [5.41, 5.74) is 1.80. The number of aliphatic hydroxyl groups excluding tert-OH is 2. The van der Waals surface area contributed by atoms with Crippen molar-refractivity contribution in [3.05, 3.63) is 53.6 Å². The van der Waals surface area contributed by atoms with Crippen molar-refractivity contribution >= 4 is 0 Å². The molecule has 5 nitrogen and oxygen atoms in total. The Morgan fingerprint density at radius 1 is 1.25 bits per heavy atom. The smallest absolute Gasteiger partial charge is 0.123 e. The van der Waals surface area contributed by atoms with E-state index in [0.717, 1.165) is 25.9 Å². The molecule has 2 N–H and O–H groups in total. The van der Waals surface area contributed by atoms with E-state index in [1.165, 1.54) is 17.8 Å². The Morgan fingerprint density at radius 3 is 2.75 bits per heavy atom. The van der Waals surface area contributed by atoms with Crippen molar-refractivity contribution in [2.45, 2.75) is 31.4 Å². The van der Waals surface area contributed by atoms with Crippen molar-refractivity contribution in [3.8, 4) is 0 Å². The molecule has 1 saturated heterocycles. The summed E-state index contributed by atoms with van der Waals surface area (Å²) in [7, 11) is 0. The Labute approximate surface area is 141 Å². The quantitative estimate of drug-likeness (QED) is 0.848. The van der Waals surface area contributed by atoms with Gasteiger partial charge in [0.05, 0.1) is 19.3 Å². The molecular formula is C18H24FN3O2. The van der Waals surface area contributed by atoms with Gasteiger partial charge in [-0.3, -0.25) is 4.68 Å². The van der Waals surface area contributed by atoms with Gasteiger partial charge in [-0.2, -0.15) is 5.10 Å². The number of likely N-dealkylation sites (tertiary alicyclic amines) is 1. The number of hydrogen-bond donors (Lipinski definition) is 2. The highest BCUT2D eigenvalue weighted by Crippen LogP contribution is 2.28. The minimum Gasteiger partial charge on any atom is -0.394 e. The third kappa shape index (κ3) is 4.01. The van der Waals surface area contributed by atoms with Crippen LogP contribution in [0.5, 0.6) is 0 Å². The van der Waals surface area contributed by atoms with E-state index in [1.807, 2.05) is 10.7 Å². The van der Waals surface area contributed by atoms with Gasteiger partial charge >= 0.3 is 0 Å². The molecule has 1 aromatic heterocycles. The molecule has 0 saturated carbocycles. The molecule has 2 heterocycles. The Kier molecular flexibility index (Phi) is 5.60. The molecule has 2 aromatic rings. The van der Waals surface area contributed by atoms with Gasteiger partial charge in [0.1, 0.15) is 5.82 Å². The molecule has 1 aliphatic heterocycles. The molecular weight excluding hydrogens is 309 g/mol. The van der Waals surface area contributed by atoms with Crippen LogP contribution in [0.15, 0.2) is 36.5 Å². The Bertz CT molecular complexity index is 653. The zero-order chi connectivity index (χ0) is 16.9. The first-order valence-corrected chi connectivity index (χ1v) is 8.46. The highest BCUT2D eigenvalue weighted by molar-refractivity contribution is 5.19. The second-order valence-electron chi connectivity index (χ2n) is 6.35. The number of benzene rings is 1. The predicted molar refractivity (Wildman–Crippen MR) is 89.1 cm³/mol. The lowest BCUT2D eigenvalue weighted by atomic mass is 9.93. The fourth-order valence-electron chi connectivity index (χ4n) is 3.45. The standard InChI is InChI=1S/C18H24FN3O2/c19-16-3-1-2-15(12-16)18(24)13-21-8-5-14(6-9-21)17-4-7-20-22(17)10-11-23/h1-4,7,12,14,18,23-24H,5-6,8-11,13H2. The van der Waals surface area contributed by atoms with Crippen LogP contribution in [0.25, 0.3) is 0 Å². The number of hydrogen-bond acceptors (Lipinski definition) is 4. The summed E-state index contributed by atoms with van der Waals surface area (Å²) >= 11 is 0. The maximum absolute atomic E-state index is 13.3. The SMILES string of the molecule is OCCn1nccc1C1CCN(CC(O)c2cccc(F)c2)CC1. The van der Waals surface area contributed by atoms with Gasteiger partial charge in [0.2, 0.25) is 0 Å². The number of rotatable bonds is 6. The van der Waals surface area contributed by atoms with Crippen LogP contribution in [0.1, 0.15) is 36.1 Å². The fraction of sp³-hybridized carbons (Fsp3) is 0.500. The van der Waals surface area contributed by atoms with Crippen LogP contribution in [0, 0.1) is 5.82 Å². The number of aromatic nitrogens is 2. The first kappa shape index (κ1) is 17.1.